The molecule has 6 heteroatoms. The summed E-state index contributed by atoms with van der Waals surface area (Å²) >= 11 is 0. The van der Waals surface area contributed by atoms with Gasteiger partial charge in [0.25, 0.3) is 0 Å². The molecule has 1 aromatic carbocycles. The first kappa shape index (κ1) is 12.9. The topological polar surface area (TPSA) is 61.4 Å². The highest BCUT2D eigenvalue weighted by molar-refractivity contribution is 7.89. The summed E-state index contributed by atoms with van der Waals surface area (Å²) in [4.78, 5) is 2.62. The highest BCUT2D eigenvalue weighted by Crippen LogP contribution is 2.35. The minimum Gasteiger partial charge on any atom is -0.366 e. The van der Waals surface area contributed by atoms with Crippen LogP contribution in [0.15, 0.2) is 29.2 Å². The fourth-order valence-electron chi connectivity index (χ4n) is 3.18. The standard InChI is InChI=1S/C13H19N3O2S/c1-14-19(17,18)13-5-3-2-4-11(13)16-7-6-10-8-15-9-12(10)16/h2-5,10,12,14-15H,6-9H2,1H3/t10-,12+/m0/s1. The van der Waals surface area contributed by atoms with Crippen LogP contribution in [-0.4, -0.2) is 41.1 Å². The molecular formula is C13H19N3O2S. The Bertz CT molecular complexity index is 573. The lowest BCUT2D eigenvalue weighted by atomic mass is 10.1. The average molecular weight is 281 g/mol. The zero-order chi connectivity index (χ0) is 13.5. The molecular weight excluding hydrogens is 262 g/mol. The summed E-state index contributed by atoms with van der Waals surface area (Å²) in [5.74, 6) is 0.644. The van der Waals surface area contributed by atoms with Crippen molar-refractivity contribution in [3.8, 4) is 0 Å². The van der Waals surface area contributed by atoms with Crippen LogP contribution in [0.25, 0.3) is 0 Å². The summed E-state index contributed by atoms with van der Waals surface area (Å²) in [7, 11) is -1.95. The van der Waals surface area contributed by atoms with Gasteiger partial charge in [0, 0.05) is 25.7 Å². The first-order chi connectivity index (χ1) is 9.13. The number of hydrogen-bond acceptors (Lipinski definition) is 4. The van der Waals surface area contributed by atoms with Crippen LogP contribution in [0.5, 0.6) is 0 Å². The Morgan fingerprint density at radius 2 is 2.11 bits per heavy atom. The normalized spacial score (nSPS) is 26.7. The van der Waals surface area contributed by atoms with Gasteiger partial charge in [0.1, 0.15) is 4.90 Å². The highest BCUT2D eigenvalue weighted by atomic mass is 32.2. The molecule has 0 bridgehead atoms. The summed E-state index contributed by atoms with van der Waals surface area (Å²) in [5, 5.41) is 3.39. The Kier molecular flexibility index (Phi) is 3.24. The summed E-state index contributed by atoms with van der Waals surface area (Å²) in [5.41, 5.74) is 0.827. The fourth-order valence-corrected chi connectivity index (χ4v) is 4.12. The van der Waals surface area contributed by atoms with E-state index in [4.69, 9.17) is 0 Å². The van der Waals surface area contributed by atoms with Crippen LogP contribution in [0.2, 0.25) is 0 Å². The number of rotatable bonds is 3. The first-order valence-corrected chi connectivity index (χ1v) is 8.12. The Balaban J connectivity index is 2.02. The summed E-state index contributed by atoms with van der Waals surface area (Å²) in [6.45, 7) is 2.92. The third-order valence-electron chi connectivity index (χ3n) is 4.18. The maximum Gasteiger partial charge on any atom is 0.242 e. The summed E-state index contributed by atoms with van der Waals surface area (Å²) < 4.78 is 26.6. The quantitative estimate of drug-likeness (QED) is 0.841. The van der Waals surface area contributed by atoms with Crippen LogP contribution < -0.4 is 14.9 Å². The zero-order valence-corrected chi connectivity index (χ0v) is 11.8. The molecule has 0 aliphatic carbocycles. The van der Waals surface area contributed by atoms with E-state index in [-0.39, 0.29) is 0 Å². The molecule has 0 amide bonds. The second-order valence-corrected chi connectivity index (χ2v) is 7.00. The Labute approximate surface area is 114 Å². The number of sulfonamides is 1. The van der Waals surface area contributed by atoms with E-state index < -0.39 is 10.0 Å². The predicted octanol–water partition coefficient (Wildman–Crippen LogP) is 0.393. The van der Waals surface area contributed by atoms with E-state index >= 15 is 0 Å². The number of nitrogens with one attached hydrogen (secondary N) is 2. The molecule has 5 nitrogen and oxygen atoms in total. The molecule has 19 heavy (non-hydrogen) atoms. The van der Waals surface area contributed by atoms with E-state index in [1.54, 1.807) is 12.1 Å². The molecule has 0 aromatic heterocycles. The number of benzene rings is 1. The van der Waals surface area contributed by atoms with E-state index in [1.165, 1.54) is 7.05 Å². The SMILES string of the molecule is CNS(=O)(=O)c1ccccc1N1CC[C@H]2CNC[C@H]21. The Morgan fingerprint density at radius 3 is 2.89 bits per heavy atom. The van der Waals surface area contributed by atoms with E-state index in [1.807, 2.05) is 12.1 Å². The van der Waals surface area contributed by atoms with Crippen molar-refractivity contribution < 1.29 is 8.42 Å². The molecule has 0 spiro atoms. The fraction of sp³-hybridized carbons (Fsp3) is 0.538. The van der Waals surface area contributed by atoms with Gasteiger partial charge in [0.05, 0.1) is 5.69 Å². The van der Waals surface area contributed by atoms with Gasteiger partial charge in [-0.3, -0.25) is 0 Å². The van der Waals surface area contributed by atoms with Crippen molar-refractivity contribution in [2.24, 2.45) is 5.92 Å². The van der Waals surface area contributed by atoms with Gasteiger partial charge < -0.3 is 10.2 Å². The smallest absolute Gasteiger partial charge is 0.242 e. The van der Waals surface area contributed by atoms with Crippen molar-refractivity contribution in [3.63, 3.8) is 0 Å². The minimum absolute atomic E-state index is 0.380. The Morgan fingerprint density at radius 1 is 1.32 bits per heavy atom. The molecule has 1 aromatic rings. The van der Waals surface area contributed by atoms with Crippen molar-refractivity contribution in [2.45, 2.75) is 17.4 Å². The van der Waals surface area contributed by atoms with Gasteiger partial charge >= 0.3 is 0 Å². The maximum atomic E-state index is 12.1. The lowest BCUT2D eigenvalue weighted by Gasteiger charge is -2.27. The molecule has 2 heterocycles. The number of nitrogens with zero attached hydrogens (tertiary/aromatic N) is 1. The van der Waals surface area contributed by atoms with E-state index in [0.29, 0.717) is 16.9 Å². The molecule has 0 radical (unpaired) electrons. The third kappa shape index (κ3) is 2.13. The van der Waals surface area contributed by atoms with E-state index in [9.17, 15) is 8.42 Å². The number of hydrogen-bond donors (Lipinski definition) is 2. The van der Waals surface area contributed by atoms with Crippen LogP contribution in [0.1, 0.15) is 6.42 Å². The van der Waals surface area contributed by atoms with Gasteiger partial charge in [0.15, 0.2) is 0 Å². The van der Waals surface area contributed by atoms with Gasteiger partial charge in [-0.25, -0.2) is 13.1 Å². The second kappa shape index (κ2) is 4.77. The van der Waals surface area contributed by atoms with E-state index in [2.05, 4.69) is 14.9 Å². The molecule has 2 atom stereocenters. The molecule has 0 unspecified atom stereocenters. The maximum absolute atomic E-state index is 12.1. The number of fused-ring (bicyclic) bond motifs is 1. The predicted molar refractivity (Wildman–Crippen MR) is 74.8 cm³/mol. The molecule has 0 saturated carbocycles. The van der Waals surface area contributed by atoms with Crippen molar-refractivity contribution in [1.82, 2.24) is 10.0 Å². The average Bonchev–Trinajstić information content (AvgIpc) is 3.01. The summed E-state index contributed by atoms with van der Waals surface area (Å²) in [6, 6.07) is 7.68. The highest BCUT2D eigenvalue weighted by Gasteiger charge is 2.39. The lowest BCUT2D eigenvalue weighted by Crippen LogP contribution is -2.35. The molecule has 3 rings (SSSR count). The first-order valence-electron chi connectivity index (χ1n) is 6.63. The molecule has 104 valence electrons. The number of para-hydroxylation sites is 1. The van der Waals surface area contributed by atoms with Crippen LogP contribution in [0.4, 0.5) is 5.69 Å². The summed E-state index contributed by atoms with van der Waals surface area (Å²) in [6.07, 6.45) is 1.13. The monoisotopic (exact) mass is 281 g/mol. The largest absolute Gasteiger partial charge is 0.366 e. The van der Waals surface area contributed by atoms with Crippen molar-refractivity contribution in [3.05, 3.63) is 24.3 Å². The second-order valence-electron chi connectivity index (χ2n) is 5.14. The number of anilines is 1. The van der Waals surface area contributed by atoms with Crippen molar-refractivity contribution in [1.29, 1.82) is 0 Å². The third-order valence-corrected chi connectivity index (χ3v) is 5.64. The molecule has 2 N–H and O–H groups in total. The van der Waals surface area contributed by atoms with Gasteiger partial charge in [0.2, 0.25) is 10.0 Å². The zero-order valence-electron chi connectivity index (χ0n) is 11.0. The van der Waals surface area contributed by atoms with Crippen LogP contribution in [0, 0.1) is 5.92 Å². The molecule has 2 aliphatic rings. The Hall–Kier alpha value is -1.11. The molecule has 2 fully saturated rings. The van der Waals surface area contributed by atoms with Crippen molar-refractivity contribution >= 4 is 15.7 Å². The lowest BCUT2D eigenvalue weighted by molar-refractivity contribution is 0.575. The van der Waals surface area contributed by atoms with Gasteiger partial charge in [-0.15, -0.1) is 0 Å². The van der Waals surface area contributed by atoms with Crippen LogP contribution in [-0.2, 0) is 10.0 Å². The van der Waals surface area contributed by atoms with Gasteiger partial charge in [-0.05, 0) is 31.5 Å². The van der Waals surface area contributed by atoms with Crippen LogP contribution >= 0.6 is 0 Å². The van der Waals surface area contributed by atoms with Crippen molar-refractivity contribution in [2.75, 3.05) is 31.6 Å². The van der Waals surface area contributed by atoms with Crippen LogP contribution in [0.3, 0.4) is 0 Å². The minimum atomic E-state index is -3.41. The molecule has 2 saturated heterocycles. The molecule has 2 aliphatic heterocycles. The van der Waals surface area contributed by atoms with Gasteiger partial charge in [-0.1, -0.05) is 12.1 Å². The van der Waals surface area contributed by atoms with Gasteiger partial charge in [-0.2, -0.15) is 0 Å². The van der Waals surface area contributed by atoms with E-state index in [0.717, 1.165) is 31.7 Å².